The Labute approximate surface area is 87.1 Å². The molecule has 0 heterocycles. The zero-order valence-electron chi connectivity index (χ0n) is 2.19. The number of hydrogen-bond acceptors (Lipinski definition) is 2. The van der Waals surface area contributed by atoms with Crippen molar-refractivity contribution < 1.29 is 89.5 Å². The van der Waals surface area contributed by atoms with E-state index in [0.29, 0.717) is 0 Å². The van der Waals surface area contributed by atoms with Crippen LogP contribution in [0.2, 0.25) is 0 Å². The smallest absolute Gasteiger partial charge is 0.544 e. The number of rotatable bonds is 0. The van der Waals surface area contributed by atoms with Crippen molar-refractivity contribution in [3.05, 3.63) is 0 Å². The first-order chi connectivity index (χ1) is 1.41. The van der Waals surface area contributed by atoms with E-state index in [9.17, 15) is 0 Å². The summed E-state index contributed by atoms with van der Waals surface area (Å²) in [4.78, 5) is 0. The summed E-state index contributed by atoms with van der Waals surface area (Å²) in [6.07, 6.45) is 0. The summed E-state index contributed by atoms with van der Waals surface area (Å²) in [5.74, 6) is 0. The van der Waals surface area contributed by atoms with Gasteiger partial charge in [-0.15, -0.1) is 0 Å². The molecule has 0 aromatic carbocycles. The first-order valence-electron chi connectivity index (χ1n) is 0.309. The summed E-state index contributed by atoms with van der Waals surface area (Å²) in [7, 11) is 0. The molecule has 0 radical (unpaired) electrons. The van der Waals surface area contributed by atoms with Crippen LogP contribution < -0.4 is 78.2 Å². The third-order valence-corrected chi connectivity index (χ3v) is 0. The summed E-state index contributed by atoms with van der Waals surface area (Å²) in [6.45, 7) is 0. The van der Waals surface area contributed by atoms with Crippen LogP contribution in [0.1, 0.15) is 0 Å². The summed E-state index contributed by atoms with van der Waals surface area (Å²) in [5.41, 5.74) is 0. The Kier molecular flexibility index (Phi) is 21.4. The van der Waals surface area contributed by atoms with Crippen molar-refractivity contribution in [3.63, 3.8) is 0 Å². The van der Waals surface area contributed by atoms with E-state index in [1.165, 1.54) is 0 Å². The van der Waals surface area contributed by atoms with Gasteiger partial charge in [-0.05, 0) is 0 Å². The normalized spacial score (nSPS) is 4.50. The molecule has 0 bridgehead atoms. The van der Waals surface area contributed by atoms with E-state index >= 15 is 0 Å². The van der Waals surface area contributed by atoms with Crippen molar-refractivity contribution in [2.45, 2.75) is 0 Å². The molecule has 4 heteroatoms. The predicted octanol–water partition coefficient (Wildman–Crippen LogP) is -5.37. The van der Waals surface area contributed by atoms with Gasteiger partial charge in [-0.25, -0.2) is 0 Å². The molecule has 0 aliphatic carbocycles. The second-order valence-corrected chi connectivity index (χ2v) is 0.189. The van der Waals surface area contributed by atoms with Crippen LogP contribution in [0.25, 0.3) is 0 Å². The third-order valence-electron chi connectivity index (χ3n) is 0. The molecule has 0 rings (SSSR count). The van der Waals surface area contributed by atoms with Crippen LogP contribution in [-0.2, 0) is 0 Å². The monoisotopic (exact) mass is 200 g/mol. The molecule has 0 N–H and O–H groups in total. The number of hydrogen-bond donors (Lipinski definition) is 0. The van der Waals surface area contributed by atoms with E-state index in [4.69, 9.17) is 9.32 Å². The van der Waals surface area contributed by atoms with Crippen molar-refractivity contribution in [1.29, 1.82) is 0 Å². The van der Waals surface area contributed by atoms with Crippen LogP contribution in [0.15, 0.2) is 0 Å². The molecule has 0 fully saturated rings. The van der Waals surface area contributed by atoms with Crippen LogP contribution in [0.3, 0.4) is 0 Å². The molecule has 4 heavy (non-hydrogen) atoms. The Morgan fingerprint density at radius 2 is 1.25 bits per heavy atom. The van der Waals surface area contributed by atoms with Crippen molar-refractivity contribution in [2.75, 3.05) is 0 Å². The van der Waals surface area contributed by atoms with Crippen molar-refractivity contribution in [2.24, 2.45) is 0 Å². The molecule has 20 valence electrons. The van der Waals surface area contributed by atoms with Crippen molar-refractivity contribution in [3.8, 4) is 0 Å². The second-order valence-electron chi connectivity index (χ2n) is 0.0630. The fourth-order valence-corrected chi connectivity index (χ4v) is 0. The van der Waals surface area contributed by atoms with Crippen LogP contribution in [0, 0.1) is 11.3 Å². The van der Waals surface area contributed by atoms with E-state index < -0.39 is 11.3 Å². The molecule has 0 aliphatic heterocycles. The molecule has 0 aromatic heterocycles. The van der Waals surface area contributed by atoms with Crippen molar-refractivity contribution in [1.82, 2.24) is 0 Å². The molecule has 0 saturated carbocycles. The van der Waals surface area contributed by atoms with E-state index in [2.05, 4.69) is 0 Å². The minimum absolute atomic E-state index is 0. The van der Waals surface area contributed by atoms with Crippen LogP contribution in [0.4, 0.5) is 0 Å². The first-order valence-corrected chi connectivity index (χ1v) is 0.926. The molecule has 0 aromatic rings. The van der Waals surface area contributed by atoms with E-state index in [1.807, 2.05) is 0 Å². The van der Waals surface area contributed by atoms with Gasteiger partial charge >= 0.3 is 68.9 Å². The summed E-state index contributed by atoms with van der Waals surface area (Å²) in [6, 6.07) is 0. The van der Waals surface area contributed by atoms with Gasteiger partial charge in [-0.1, -0.05) is 0 Å². The average Bonchev–Trinajstić information content (AvgIpc) is 0.918. The molecule has 0 amide bonds. The second kappa shape index (κ2) is 8.98. The molecular formula is ClCsO2. The summed E-state index contributed by atoms with van der Waals surface area (Å²) in [5, 5.41) is 0. The Bertz CT molecular complexity index is 6.00. The maximum Gasteiger partial charge on any atom is 1.00 e. The molecule has 0 spiro atoms. The molecule has 2 nitrogen and oxygen atoms in total. The largest absolute Gasteiger partial charge is 1.00 e. The minimum Gasteiger partial charge on any atom is -0.544 e. The molecule has 0 saturated heterocycles. The maximum atomic E-state index is 8.24. The van der Waals surface area contributed by atoms with E-state index in [1.54, 1.807) is 0 Å². The van der Waals surface area contributed by atoms with Crippen LogP contribution >= 0.6 is 0 Å². The summed E-state index contributed by atoms with van der Waals surface area (Å²) >= 11 is -0.417. The fraction of sp³-hybridized carbons (Fsp3) is 0. The van der Waals surface area contributed by atoms with Crippen LogP contribution in [-0.4, -0.2) is 0 Å². The maximum absolute atomic E-state index is 8.24. The Morgan fingerprint density at radius 3 is 1.25 bits per heavy atom. The molecule has 0 aliphatic rings. The van der Waals surface area contributed by atoms with Crippen LogP contribution in [0.5, 0.6) is 0 Å². The zero-order chi connectivity index (χ0) is 2.71. The molecule has 0 atom stereocenters. The zero-order valence-corrected chi connectivity index (χ0v) is 9.23. The quantitative estimate of drug-likeness (QED) is 0.392. The standard InChI is InChI=1S/ClO2.Cs/c2-1-3;/q-1;+1. The average molecular weight is 200 g/mol. The SMILES string of the molecule is [Cs+].[O-][Cl+][O-]. The van der Waals surface area contributed by atoms with E-state index in [-0.39, 0.29) is 68.9 Å². The first kappa shape index (κ1) is 9.55. The predicted molar refractivity (Wildman–Crippen MR) is 0 cm³/mol. The van der Waals surface area contributed by atoms with Gasteiger partial charge in [-0.2, -0.15) is 0 Å². The van der Waals surface area contributed by atoms with Crippen molar-refractivity contribution >= 4 is 0 Å². The topological polar surface area (TPSA) is 46.1 Å². The Balaban J connectivity index is 0. The van der Waals surface area contributed by atoms with Gasteiger partial charge in [0.1, 0.15) is 0 Å². The number of halogens is 1. The Hall–Kier alpha value is 2.26. The van der Waals surface area contributed by atoms with Gasteiger partial charge < -0.3 is 9.32 Å². The van der Waals surface area contributed by atoms with Gasteiger partial charge in [0.05, 0.1) is 11.3 Å². The summed E-state index contributed by atoms with van der Waals surface area (Å²) < 4.78 is 16.5. The van der Waals surface area contributed by atoms with Gasteiger partial charge in [-0.3, -0.25) is 0 Å². The van der Waals surface area contributed by atoms with Gasteiger partial charge in [0.15, 0.2) is 0 Å². The van der Waals surface area contributed by atoms with Gasteiger partial charge in [0.2, 0.25) is 0 Å². The van der Waals surface area contributed by atoms with Gasteiger partial charge in [0.25, 0.3) is 0 Å². The minimum atomic E-state index is -0.417. The van der Waals surface area contributed by atoms with E-state index in [0.717, 1.165) is 0 Å². The molecule has 0 unspecified atom stereocenters. The molecular weight excluding hydrogens is 200 g/mol. The third kappa shape index (κ3) is 8.86. The Morgan fingerprint density at radius 1 is 1.25 bits per heavy atom. The van der Waals surface area contributed by atoms with Gasteiger partial charge in [0, 0.05) is 0 Å². The fourth-order valence-electron chi connectivity index (χ4n) is 0.